The summed E-state index contributed by atoms with van der Waals surface area (Å²) >= 11 is 0. The van der Waals surface area contributed by atoms with E-state index in [0.29, 0.717) is 0 Å². The smallest absolute Gasteiger partial charge is 0.415 e. The van der Waals surface area contributed by atoms with Crippen LogP contribution < -0.4 is 4.74 Å². The Morgan fingerprint density at radius 2 is 2.22 bits per heavy atom. The number of non-ortho nitro benzene ring substituents is 1. The number of nitrogens with zero attached hydrogens (tertiary/aromatic N) is 3. The number of benzene rings is 1. The Hall–Kier alpha value is -3.23. The summed E-state index contributed by atoms with van der Waals surface area (Å²) in [7, 11) is -1.72. The molecule has 0 aliphatic rings. The molecule has 0 aliphatic carbocycles. The highest BCUT2D eigenvalue weighted by atomic mass is 16.6. The number of fused-ring (bicyclic) bond motifs is 1. The van der Waals surface area contributed by atoms with Gasteiger partial charge in [-0.1, -0.05) is 0 Å². The summed E-state index contributed by atoms with van der Waals surface area (Å²) in [6.45, 7) is -0.657. The number of amides is 1. The van der Waals surface area contributed by atoms with Gasteiger partial charge in [-0.15, -0.1) is 0 Å². The predicted molar refractivity (Wildman–Crippen MR) is 79.1 cm³/mol. The molecule has 0 saturated heterocycles. The van der Waals surface area contributed by atoms with Crippen LogP contribution in [0.3, 0.4) is 0 Å². The number of hydrogen-bond acceptors (Lipinski definition) is 7. The summed E-state index contributed by atoms with van der Waals surface area (Å²) in [6, 6.07) is 5.32. The number of likely N-dealkylation sites (N-methyl/N-ethyl adjacent to an activating group) is 1. The number of aromatic nitrogens is 1. The SMILES string of the molecule is [2H]C([2H])([2H])OC(=O)CN(C)C(=O)Oc1ccc([N+](=O)[O-])c2cccnc12. The Morgan fingerprint density at radius 1 is 1.43 bits per heavy atom. The lowest BCUT2D eigenvalue weighted by molar-refractivity contribution is -0.383. The van der Waals surface area contributed by atoms with Gasteiger partial charge in [0.2, 0.25) is 0 Å². The highest BCUT2D eigenvalue weighted by Crippen LogP contribution is 2.31. The molecular formula is C14H13N3O6. The zero-order valence-corrected chi connectivity index (χ0v) is 11.9. The molecule has 2 rings (SSSR count). The second-order valence-corrected chi connectivity index (χ2v) is 4.44. The van der Waals surface area contributed by atoms with Gasteiger partial charge in [-0.25, -0.2) is 4.79 Å². The maximum atomic E-state index is 12.1. The molecule has 0 unspecified atom stereocenters. The number of esters is 1. The molecular weight excluding hydrogens is 306 g/mol. The number of nitro groups is 1. The van der Waals surface area contributed by atoms with E-state index in [1.165, 1.54) is 31.4 Å². The first-order valence-corrected chi connectivity index (χ1v) is 6.25. The molecule has 1 heterocycles. The van der Waals surface area contributed by atoms with Crippen LogP contribution in [0, 0.1) is 10.1 Å². The zero-order valence-electron chi connectivity index (χ0n) is 14.9. The van der Waals surface area contributed by atoms with Crippen LogP contribution >= 0.6 is 0 Å². The van der Waals surface area contributed by atoms with E-state index in [9.17, 15) is 19.7 Å². The predicted octanol–water partition coefficient (Wildman–Crippen LogP) is 1.75. The van der Waals surface area contributed by atoms with Gasteiger partial charge in [-0.3, -0.25) is 24.8 Å². The van der Waals surface area contributed by atoms with Crippen LogP contribution in [0.1, 0.15) is 4.11 Å². The Kier molecular flexibility index (Phi) is 3.58. The van der Waals surface area contributed by atoms with Crippen molar-refractivity contribution < 1.29 is 28.1 Å². The van der Waals surface area contributed by atoms with Gasteiger partial charge in [0.15, 0.2) is 5.75 Å². The molecule has 2 aromatic rings. The molecule has 0 aliphatic heterocycles. The van der Waals surface area contributed by atoms with Gasteiger partial charge in [0.05, 0.1) is 21.5 Å². The molecule has 0 spiro atoms. The van der Waals surface area contributed by atoms with Gasteiger partial charge in [0.1, 0.15) is 12.1 Å². The molecule has 23 heavy (non-hydrogen) atoms. The van der Waals surface area contributed by atoms with Gasteiger partial charge in [0.25, 0.3) is 5.69 Å². The molecule has 0 bridgehead atoms. The van der Waals surface area contributed by atoms with Crippen molar-refractivity contribution in [1.82, 2.24) is 9.88 Å². The lowest BCUT2D eigenvalue weighted by Crippen LogP contribution is -2.34. The molecule has 0 N–H and O–H groups in total. The topological polar surface area (TPSA) is 112 Å². The normalized spacial score (nSPS) is 12.7. The summed E-state index contributed by atoms with van der Waals surface area (Å²) < 4.78 is 29.7. The molecule has 0 atom stereocenters. The molecule has 9 heteroatoms. The standard InChI is InChI=1S/C14H13N3O6/c1-16(8-12(18)22-2)14(19)23-11-6-5-10(17(20)21)9-4-3-7-15-13(9)11/h3-7H,8H2,1-2H3/i2D3. The molecule has 1 aromatic carbocycles. The second kappa shape index (κ2) is 6.69. The van der Waals surface area contributed by atoms with E-state index >= 15 is 0 Å². The zero-order chi connectivity index (χ0) is 19.5. The molecule has 0 saturated carbocycles. The van der Waals surface area contributed by atoms with Gasteiger partial charge in [0, 0.05) is 19.3 Å². The lowest BCUT2D eigenvalue weighted by atomic mass is 10.1. The van der Waals surface area contributed by atoms with Crippen LogP contribution in [0.5, 0.6) is 5.75 Å². The summed E-state index contributed by atoms with van der Waals surface area (Å²) in [5, 5.41) is 11.2. The van der Waals surface area contributed by atoms with Crippen molar-refractivity contribution >= 4 is 28.7 Å². The molecule has 0 radical (unpaired) electrons. The first kappa shape index (κ1) is 12.3. The largest absolute Gasteiger partial charge is 0.468 e. The molecule has 0 fully saturated rings. The molecule has 9 nitrogen and oxygen atoms in total. The second-order valence-electron chi connectivity index (χ2n) is 4.44. The van der Waals surface area contributed by atoms with E-state index in [-0.39, 0.29) is 22.3 Å². The fourth-order valence-electron chi connectivity index (χ4n) is 1.84. The third-order valence-electron chi connectivity index (χ3n) is 2.90. The minimum absolute atomic E-state index is 0.0489. The quantitative estimate of drug-likeness (QED) is 0.479. The number of carbonyl (C=O) groups excluding carboxylic acids is 2. The maximum Gasteiger partial charge on any atom is 0.415 e. The average molecular weight is 322 g/mol. The number of pyridine rings is 1. The van der Waals surface area contributed by atoms with E-state index in [0.717, 1.165) is 11.0 Å². The van der Waals surface area contributed by atoms with Crippen molar-refractivity contribution in [3.05, 3.63) is 40.6 Å². The van der Waals surface area contributed by atoms with Gasteiger partial charge < -0.3 is 9.47 Å². The summed E-state index contributed by atoms with van der Waals surface area (Å²) in [5.41, 5.74) is -0.115. The van der Waals surface area contributed by atoms with Crippen LogP contribution in [0.15, 0.2) is 30.5 Å². The van der Waals surface area contributed by atoms with E-state index < -0.39 is 30.6 Å². The minimum atomic E-state index is -2.92. The first-order valence-electron chi connectivity index (χ1n) is 7.75. The van der Waals surface area contributed by atoms with E-state index in [2.05, 4.69) is 9.72 Å². The van der Waals surface area contributed by atoms with E-state index in [4.69, 9.17) is 8.85 Å². The fourth-order valence-corrected chi connectivity index (χ4v) is 1.84. The van der Waals surface area contributed by atoms with Crippen LogP contribution in [0.25, 0.3) is 10.9 Å². The van der Waals surface area contributed by atoms with Crippen molar-refractivity contribution in [2.45, 2.75) is 0 Å². The van der Waals surface area contributed by atoms with Crippen molar-refractivity contribution in [1.29, 1.82) is 0 Å². The number of nitro benzene ring substituents is 1. The highest BCUT2D eigenvalue weighted by Gasteiger charge is 2.20. The fraction of sp³-hybridized carbons (Fsp3) is 0.214. The van der Waals surface area contributed by atoms with E-state index in [1.54, 1.807) is 0 Å². The molecule has 1 aromatic heterocycles. The number of methoxy groups -OCH3 is 1. The number of ether oxygens (including phenoxy) is 2. The summed E-state index contributed by atoms with van der Waals surface area (Å²) in [4.78, 5) is 38.8. The number of carbonyl (C=O) groups is 2. The van der Waals surface area contributed by atoms with Gasteiger partial charge in [-0.05, 0) is 18.2 Å². The van der Waals surface area contributed by atoms with Gasteiger partial charge in [-0.2, -0.15) is 0 Å². The van der Waals surface area contributed by atoms with Crippen molar-refractivity contribution in [2.75, 3.05) is 20.6 Å². The van der Waals surface area contributed by atoms with Gasteiger partial charge >= 0.3 is 12.1 Å². The third-order valence-corrected chi connectivity index (χ3v) is 2.90. The Bertz CT molecular complexity index is 871. The van der Waals surface area contributed by atoms with E-state index in [1.807, 2.05) is 0 Å². The first-order chi connectivity index (χ1) is 12.1. The minimum Gasteiger partial charge on any atom is -0.468 e. The lowest BCUT2D eigenvalue weighted by Gasteiger charge is -2.15. The Labute approximate surface area is 134 Å². The number of rotatable bonds is 4. The monoisotopic (exact) mass is 322 g/mol. The van der Waals surface area contributed by atoms with Crippen molar-refractivity contribution in [2.24, 2.45) is 0 Å². The van der Waals surface area contributed by atoms with Crippen LogP contribution in [0.2, 0.25) is 0 Å². The number of hydrogen-bond donors (Lipinski definition) is 0. The molecule has 120 valence electrons. The van der Waals surface area contributed by atoms with Crippen molar-refractivity contribution in [3.8, 4) is 5.75 Å². The highest BCUT2D eigenvalue weighted by molar-refractivity contribution is 5.93. The van der Waals surface area contributed by atoms with Crippen molar-refractivity contribution in [3.63, 3.8) is 0 Å². The maximum absolute atomic E-state index is 12.1. The Morgan fingerprint density at radius 3 is 2.91 bits per heavy atom. The third kappa shape index (κ3) is 3.51. The van der Waals surface area contributed by atoms with Crippen LogP contribution in [-0.2, 0) is 9.53 Å². The van der Waals surface area contributed by atoms with Crippen LogP contribution in [-0.4, -0.2) is 47.5 Å². The Balaban J connectivity index is 2.18. The molecule has 1 amide bonds. The van der Waals surface area contributed by atoms with Crippen LogP contribution in [0.4, 0.5) is 10.5 Å². The summed E-state index contributed by atoms with van der Waals surface area (Å²) in [6.07, 6.45) is 0.383. The average Bonchev–Trinajstić information content (AvgIpc) is 2.52. The summed E-state index contributed by atoms with van der Waals surface area (Å²) in [5.74, 6) is -1.19.